The SMILES string of the molecule is CCCCCCCCOc1ccc(-c2ccc(C(=O)O)cc2)c(-c2ccc(C(=O)O[C@@H](C)CCCCCC)cc2)c1. The Morgan fingerprint density at radius 2 is 1.24 bits per heavy atom. The van der Waals surface area contributed by atoms with E-state index in [1.807, 2.05) is 61.5 Å². The fourth-order valence-electron chi connectivity index (χ4n) is 4.92. The van der Waals surface area contributed by atoms with Crippen LogP contribution >= 0.6 is 0 Å². The van der Waals surface area contributed by atoms with Crippen LogP contribution in [0, 0.1) is 0 Å². The lowest BCUT2D eigenvalue weighted by Crippen LogP contribution is -2.15. The number of esters is 1. The molecule has 0 fully saturated rings. The average molecular weight is 559 g/mol. The van der Waals surface area contributed by atoms with Crippen molar-refractivity contribution in [3.05, 3.63) is 77.9 Å². The Morgan fingerprint density at radius 3 is 1.88 bits per heavy atom. The molecule has 0 aliphatic carbocycles. The third kappa shape index (κ3) is 10.4. The third-order valence-corrected chi connectivity index (χ3v) is 7.40. The highest BCUT2D eigenvalue weighted by molar-refractivity contribution is 5.92. The Balaban J connectivity index is 1.76. The summed E-state index contributed by atoms with van der Waals surface area (Å²) in [5.41, 5.74) is 4.54. The minimum Gasteiger partial charge on any atom is -0.494 e. The number of unbranched alkanes of at least 4 members (excludes halogenated alkanes) is 8. The van der Waals surface area contributed by atoms with Crippen LogP contribution in [0.25, 0.3) is 22.3 Å². The number of hydrogen-bond donors (Lipinski definition) is 1. The van der Waals surface area contributed by atoms with E-state index in [0.717, 1.165) is 60.1 Å². The molecule has 0 saturated heterocycles. The summed E-state index contributed by atoms with van der Waals surface area (Å²) in [6, 6.07) is 20.4. The van der Waals surface area contributed by atoms with Crippen LogP contribution in [0.1, 0.15) is 112 Å². The molecule has 0 aliphatic heterocycles. The molecule has 0 bridgehead atoms. The van der Waals surface area contributed by atoms with Crippen molar-refractivity contribution in [2.45, 2.75) is 97.5 Å². The molecule has 0 aliphatic rings. The maximum Gasteiger partial charge on any atom is 0.338 e. The molecule has 220 valence electrons. The maximum atomic E-state index is 12.8. The van der Waals surface area contributed by atoms with Crippen LogP contribution < -0.4 is 4.74 Å². The number of carboxylic acids is 1. The van der Waals surface area contributed by atoms with Crippen LogP contribution in [0.4, 0.5) is 0 Å². The van der Waals surface area contributed by atoms with Gasteiger partial charge in [-0.3, -0.25) is 0 Å². The van der Waals surface area contributed by atoms with Gasteiger partial charge in [-0.1, -0.05) is 95.5 Å². The standard InChI is InChI=1S/C36H46O5/c1-4-6-8-10-11-13-25-40-32-23-24-33(28-15-19-30(20-16-28)35(37)38)34(26-32)29-17-21-31(22-18-29)36(39)41-27(3)14-12-9-7-5-2/h15-24,26-27H,4-14,25H2,1-3H3,(H,37,38)/t27-/m0/s1. The van der Waals surface area contributed by atoms with Crippen molar-refractivity contribution in [2.75, 3.05) is 6.61 Å². The van der Waals surface area contributed by atoms with Gasteiger partial charge in [-0.15, -0.1) is 0 Å². The molecule has 0 aromatic heterocycles. The van der Waals surface area contributed by atoms with Gasteiger partial charge in [-0.2, -0.15) is 0 Å². The zero-order valence-corrected chi connectivity index (χ0v) is 25.0. The fourth-order valence-corrected chi connectivity index (χ4v) is 4.92. The zero-order chi connectivity index (χ0) is 29.5. The smallest absolute Gasteiger partial charge is 0.338 e. The number of aromatic carboxylic acids is 1. The molecule has 5 nitrogen and oxygen atoms in total. The molecule has 0 unspecified atom stereocenters. The number of benzene rings is 3. The molecule has 0 heterocycles. The van der Waals surface area contributed by atoms with E-state index in [4.69, 9.17) is 9.47 Å². The quantitative estimate of drug-likeness (QED) is 0.124. The Kier molecular flexibility index (Phi) is 13.4. The van der Waals surface area contributed by atoms with E-state index >= 15 is 0 Å². The van der Waals surface area contributed by atoms with E-state index in [-0.39, 0.29) is 17.6 Å². The molecule has 5 heteroatoms. The van der Waals surface area contributed by atoms with Crippen molar-refractivity contribution >= 4 is 11.9 Å². The molecule has 41 heavy (non-hydrogen) atoms. The molecule has 0 radical (unpaired) electrons. The lowest BCUT2D eigenvalue weighted by atomic mass is 9.93. The molecule has 1 N–H and O–H groups in total. The summed E-state index contributed by atoms with van der Waals surface area (Å²) in [5, 5.41) is 9.31. The topological polar surface area (TPSA) is 72.8 Å². The largest absolute Gasteiger partial charge is 0.494 e. The van der Waals surface area contributed by atoms with Gasteiger partial charge in [-0.05, 0) is 84.8 Å². The molecular formula is C36H46O5. The van der Waals surface area contributed by atoms with Crippen molar-refractivity contribution < 1.29 is 24.2 Å². The van der Waals surface area contributed by atoms with Crippen LogP contribution in [-0.4, -0.2) is 29.8 Å². The molecule has 0 spiro atoms. The van der Waals surface area contributed by atoms with Crippen molar-refractivity contribution in [2.24, 2.45) is 0 Å². The molecule has 0 saturated carbocycles. The van der Waals surface area contributed by atoms with Gasteiger partial charge in [-0.25, -0.2) is 9.59 Å². The van der Waals surface area contributed by atoms with Crippen LogP contribution in [0.2, 0.25) is 0 Å². The minimum absolute atomic E-state index is 0.111. The van der Waals surface area contributed by atoms with Crippen molar-refractivity contribution in [3.63, 3.8) is 0 Å². The highest BCUT2D eigenvalue weighted by atomic mass is 16.5. The lowest BCUT2D eigenvalue weighted by Gasteiger charge is -2.15. The molecule has 3 rings (SSSR count). The van der Waals surface area contributed by atoms with Gasteiger partial charge >= 0.3 is 11.9 Å². The first-order valence-corrected chi connectivity index (χ1v) is 15.3. The number of ether oxygens (including phenoxy) is 2. The Bertz CT molecular complexity index is 1210. The molecule has 1 atom stereocenters. The highest BCUT2D eigenvalue weighted by Gasteiger charge is 2.15. The number of rotatable bonds is 18. The van der Waals surface area contributed by atoms with Crippen LogP contribution in [-0.2, 0) is 4.74 Å². The van der Waals surface area contributed by atoms with E-state index in [2.05, 4.69) is 13.8 Å². The van der Waals surface area contributed by atoms with Gasteiger partial charge in [0.1, 0.15) is 5.75 Å². The van der Waals surface area contributed by atoms with Crippen molar-refractivity contribution in [1.82, 2.24) is 0 Å². The Labute approximate surface area is 245 Å². The van der Waals surface area contributed by atoms with Crippen molar-refractivity contribution in [3.8, 4) is 28.0 Å². The first kappa shape index (κ1) is 31.9. The zero-order valence-electron chi connectivity index (χ0n) is 25.0. The Morgan fingerprint density at radius 1 is 0.683 bits per heavy atom. The number of carboxylic acid groups (broad SMARTS) is 1. The highest BCUT2D eigenvalue weighted by Crippen LogP contribution is 2.35. The molecule has 0 amide bonds. The van der Waals surface area contributed by atoms with Crippen LogP contribution in [0.5, 0.6) is 5.75 Å². The second-order valence-electron chi connectivity index (χ2n) is 10.8. The average Bonchev–Trinajstić information content (AvgIpc) is 2.99. The summed E-state index contributed by atoms with van der Waals surface area (Å²) in [6.45, 7) is 7.03. The Hall–Kier alpha value is -3.60. The first-order chi connectivity index (χ1) is 19.9. The predicted octanol–water partition coefficient (Wildman–Crippen LogP) is 9.97. The number of carbonyl (C=O) groups is 2. The second-order valence-corrected chi connectivity index (χ2v) is 10.8. The van der Waals surface area contributed by atoms with E-state index in [9.17, 15) is 14.7 Å². The van der Waals surface area contributed by atoms with E-state index < -0.39 is 5.97 Å². The fraction of sp³-hybridized carbons (Fsp3) is 0.444. The molecular weight excluding hydrogens is 512 g/mol. The summed E-state index contributed by atoms with van der Waals surface area (Å²) >= 11 is 0. The first-order valence-electron chi connectivity index (χ1n) is 15.3. The molecule has 3 aromatic carbocycles. The van der Waals surface area contributed by atoms with Gasteiger partial charge in [0.2, 0.25) is 0 Å². The van der Waals surface area contributed by atoms with Crippen molar-refractivity contribution in [1.29, 1.82) is 0 Å². The summed E-state index contributed by atoms with van der Waals surface area (Å²) in [5.74, 6) is -0.465. The third-order valence-electron chi connectivity index (χ3n) is 7.40. The van der Waals surface area contributed by atoms with Crippen LogP contribution in [0.15, 0.2) is 66.7 Å². The maximum absolute atomic E-state index is 12.8. The van der Waals surface area contributed by atoms with E-state index in [0.29, 0.717) is 12.2 Å². The number of hydrogen-bond acceptors (Lipinski definition) is 4. The summed E-state index contributed by atoms with van der Waals surface area (Å²) in [4.78, 5) is 24.1. The van der Waals surface area contributed by atoms with Gasteiger partial charge < -0.3 is 14.6 Å². The number of carbonyl (C=O) groups excluding carboxylic acids is 1. The van der Waals surface area contributed by atoms with Gasteiger partial charge in [0.05, 0.1) is 23.8 Å². The van der Waals surface area contributed by atoms with Gasteiger partial charge in [0.25, 0.3) is 0 Å². The minimum atomic E-state index is -0.951. The van der Waals surface area contributed by atoms with E-state index in [1.54, 1.807) is 12.1 Å². The van der Waals surface area contributed by atoms with E-state index in [1.165, 1.54) is 38.5 Å². The van der Waals surface area contributed by atoms with Gasteiger partial charge in [0, 0.05) is 0 Å². The summed E-state index contributed by atoms with van der Waals surface area (Å²) < 4.78 is 11.8. The normalized spacial score (nSPS) is 11.7. The lowest BCUT2D eigenvalue weighted by molar-refractivity contribution is 0.0319. The predicted molar refractivity (Wildman–Crippen MR) is 167 cm³/mol. The van der Waals surface area contributed by atoms with Crippen LogP contribution in [0.3, 0.4) is 0 Å². The second kappa shape index (κ2) is 17.3. The summed E-state index contributed by atoms with van der Waals surface area (Å²) in [7, 11) is 0. The summed E-state index contributed by atoms with van der Waals surface area (Å²) in [6.07, 6.45) is 12.6. The van der Waals surface area contributed by atoms with Gasteiger partial charge in [0.15, 0.2) is 0 Å². The molecule has 3 aromatic rings. The monoisotopic (exact) mass is 558 g/mol.